The topological polar surface area (TPSA) is 113 Å². The van der Waals surface area contributed by atoms with E-state index < -0.39 is 35.6 Å². The van der Waals surface area contributed by atoms with E-state index in [0.29, 0.717) is 17.2 Å². The van der Waals surface area contributed by atoms with Gasteiger partial charge in [0, 0.05) is 11.8 Å². The molecule has 3 heterocycles. The molecule has 1 N–H and O–H groups in total. The van der Waals surface area contributed by atoms with Gasteiger partial charge in [-0.2, -0.15) is 5.11 Å². The number of imide groups is 1. The van der Waals surface area contributed by atoms with Gasteiger partial charge < -0.3 is 14.8 Å². The molecule has 0 aromatic heterocycles. The van der Waals surface area contributed by atoms with Crippen LogP contribution in [0, 0.1) is 5.82 Å². The number of nitrogens with one attached hydrogen (secondary N) is 1. The number of hydrogen-bond acceptors (Lipinski definition) is 8. The zero-order valence-corrected chi connectivity index (χ0v) is 15.3. The predicted molar refractivity (Wildman–Crippen MR) is 99.2 cm³/mol. The van der Waals surface area contributed by atoms with E-state index in [1.54, 1.807) is 18.2 Å². The van der Waals surface area contributed by atoms with E-state index in [0.717, 1.165) is 17.0 Å². The van der Waals surface area contributed by atoms with Crippen molar-refractivity contribution in [3.05, 3.63) is 48.3 Å². The molecule has 3 aliphatic rings. The predicted octanol–water partition coefficient (Wildman–Crippen LogP) is 1.49. The maximum atomic E-state index is 13.2. The highest BCUT2D eigenvalue weighted by Crippen LogP contribution is 2.35. The number of ether oxygens (including phenoxy) is 2. The minimum Gasteiger partial charge on any atom is -0.454 e. The number of benzene rings is 2. The van der Waals surface area contributed by atoms with Crippen LogP contribution >= 0.6 is 0 Å². The van der Waals surface area contributed by atoms with Gasteiger partial charge in [-0.3, -0.25) is 19.4 Å². The van der Waals surface area contributed by atoms with Crippen LogP contribution in [0.3, 0.4) is 0 Å². The lowest BCUT2D eigenvalue weighted by molar-refractivity contribution is -0.123. The van der Waals surface area contributed by atoms with Crippen molar-refractivity contribution in [2.24, 2.45) is 10.3 Å². The van der Waals surface area contributed by atoms with Crippen LogP contribution in [-0.2, 0) is 14.4 Å². The summed E-state index contributed by atoms with van der Waals surface area (Å²) in [5.74, 6) is -0.981. The monoisotopic (exact) mass is 411 g/mol. The Balaban J connectivity index is 1.29. The third-order valence-electron chi connectivity index (χ3n) is 4.90. The van der Waals surface area contributed by atoms with Gasteiger partial charge in [0.15, 0.2) is 23.6 Å². The van der Waals surface area contributed by atoms with Crippen molar-refractivity contribution < 1.29 is 28.2 Å². The Kier molecular flexibility index (Phi) is 4.09. The summed E-state index contributed by atoms with van der Waals surface area (Å²) in [4.78, 5) is 38.9. The first-order valence-electron chi connectivity index (χ1n) is 9.01. The Labute approximate surface area is 168 Å². The highest BCUT2D eigenvalue weighted by Gasteiger charge is 2.55. The van der Waals surface area contributed by atoms with Crippen molar-refractivity contribution in [2.75, 3.05) is 23.6 Å². The second-order valence-electron chi connectivity index (χ2n) is 6.80. The second kappa shape index (κ2) is 6.79. The van der Waals surface area contributed by atoms with Crippen LogP contribution in [-0.4, -0.2) is 48.2 Å². The molecule has 3 aliphatic heterocycles. The van der Waals surface area contributed by atoms with Crippen LogP contribution in [0.15, 0.2) is 52.8 Å². The molecule has 2 aromatic carbocycles. The maximum absolute atomic E-state index is 13.2. The summed E-state index contributed by atoms with van der Waals surface area (Å²) >= 11 is 0. The summed E-state index contributed by atoms with van der Waals surface area (Å²) < 4.78 is 23.7. The molecule has 10 nitrogen and oxygen atoms in total. The van der Waals surface area contributed by atoms with E-state index in [1.807, 2.05) is 0 Å². The zero-order valence-electron chi connectivity index (χ0n) is 15.3. The number of anilines is 2. The first kappa shape index (κ1) is 18.0. The molecular weight excluding hydrogens is 397 g/mol. The van der Waals surface area contributed by atoms with Gasteiger partial charge >= 0.3 is 0 Å². The molecule has 0 aliphatic carbocycles. The Morgan fingerprint density at radius 1 is 1.10 bits per heavy atom. The quantitative estimate of drug-likeness (QED) is 0.763. The molecule has 2 atom stereocenters. The molecule has 5 rings (SSSR count). The van der Waals surface area contributed by atoms with Crippen LogP contribution in [0.1, 0.15) is 0 Å². The van der Waals surface area contributed by atoms with Gasteiger partial charge in [-0.25, -0.2) is 9.29 Å². The first-order valence-corrected chi connectivity index (χ1v) is 9.01. The van der Waals surface area contributed by atoms with Gasteiger partial charge in [-0.15, -0.1) is 0 Å². The van der Waals surface area contributed by atoms with Crippen molar-refractivity contribution >= 4 is 29.1 Å². The largest absolute Gasteiger partial charge is 0.454 e. The average molecular weight is 411 g/mol. The van der Waals surface area contributed by atoms with E-state index in [9.17, 15) is 18.8 Å². The Bertz CT molecular complexity index is 1090. The van der Waals surface area contributed by atoms with Crippen LogP contribution in [0.25, 0.3) is 0 Å². The number of rotatable bonds is 4. The molecule has 0 saturated carbocycles. The summed E-state index contributed by atoms with van der Waals surface area (Å²) in [5, 5.41) is 11.5. The number of nitrogens with zero attached hydrogens (tertiary/aromatic N) is 4. The summed E-state index contributed by atoms with van der Waals surface area (Å²) in [6.07, 6.45) is 0. The molecule has 0 spiro atoms. The molecular formula is C19H14FN5O5. The van der Waals surface area contributed by atoms with E-state index in [-0.39, 0.29) is 19.0 Å². The molecule has 2 aromatic rings. The fourth-order valence-corrected chi connectivity index (χ4v) is 3.52. The minimum absolute atomic E-state index is 0.116. The van der Waals surface area contributed by atoms with Gasteiger partial charge in [-0.1, -0.05) is 5.22 Å². The van der Waals surface area contributed by atoms with Crippen molar-refractivity contribution in [3.63, 3.8) is 0 Å². The first-order chi connectivity index (χ1) is 14.5. The zero-order chi connectivity index (χ0) is 20.8. The van der Waals surface area contributed by atoms with Crippen LogP contribution < -0.4 is 19.7 Å². The number of carbonyl (C=O) groups excluding carboxylic acids is 3. The minimum atomic E-state index is -1.04. The molecule has 0 unspecified atom stereocenters. The van der Waals surface area contributed by atoms with Gasteiger partial charge in [-0.05, 0) is 36.4 Å². The molecule has 1 fully saturated rings. The van der Waals surface area contributed by atoms with Crippen molar-refractivity contribution in [1.29, 1.82) is 0 Å². The fourth-order valence-electron chi connectivity index (χ4n) is 3.52. The SMILES string of the molecule is O=C(CN1N=N[C@@H]2C(=O)N(c3ccc(F)cc3)C(=O)[C@@H]21)Nc1ccc2c(c1)OCO2. The average Bonchev–Trinajstić information content (AvgIpc) is 3.41. The maximum Gasteiger partial charge on any atom is 0.263 e. The molecule has 0 radical (unpaired) electrons. The summed E-state index contributed by atoms with van der Waals surface area (Å²) in [5.41, 5.74) is 0.722. The highest BCUT2D eigenvalue weighted by atomic mass is 19.1. The molecule has 30 heavy (non-hydrogen) atoms. The third kappa shape index (κ3) is 2.91. The van der Waals surface area contributed by atoms with Gasteiger partial charge in [0.1, 0.15) is 12.4 Å². The van der Waals surface area contributed by atoms with E-state index in [2.05, 4.69) is 15.7 Å². The standard InChI is InChI=1S/C19H14FN5O5/c20-10-1-4-12(5-2-10)25-18(27)16-17(19(25)28)24(23-22-16)8-15(26)21-11-3-6-13-14(7-11)30-9-29-13/h1-7,16-17H,8-9H2,(H,21,26)/t16-,17+/m0/s1. The van der Waals surface area contributed by atoms with Crippen molar-refractivity contribution in [2.45, 2.75) is 12.1 Å². The lowest BCUT2D eigenvalue weighted by atomic mass is 10.1. The fraction of sp³-hybridized carbons (Fsp3) is 0.211. The summed E-state index contributed by atoms with van der Waals surface area (Å²) in [6.45, 7) is -0.167. The van der Waals surface area contributed by atoms with Crippen molar-refractivity contribution in [3.8, 4) is 11.5 Å². The van der Waals surface area contributed by atoms with Crippen molar-refractivity contribution in [1.82, 2.24) is 5.01 Å². The highest BCUT2D eigenvalue weighted by molar-refractivity contribution is 6.25. The third-order valence-corrected chi connectivity index (χ3v) is 4.90. The van der Waals surface area contributed by atoms with Gasteiger partial charge in [0.05, 0.1) is 5.69 Å². The molecule has 11 heteroatoms. The molecule has 152 valence electrons. The number of amides is 3. The number of carbonyl (C=O) groups is 3. The molecule has 3 amide bonds. The molecule has 0 bridgehead atoms. The number of hydrogen-bond donors (Lipinski definition) is 1. The van der Waals surface area contributed by atoms with E-state index in [4.69, 9.17) is 9.47 Å². The van der Waals surface area contributed by atoms with Gasteiger partial charge in [0.2, 0.25) is 12.7 Å². The summed E-state index contributed by atoms with van der Waals surface area (Å²) in [7, 11) is 0. The van der Waals surface area contributed by atoms with E-state index in [1.165, 1.54) is 17.1 Å². The van der Waals surface area contributed by atoms with E-state index >= 15 is 0 Å². The van der Waals surface area contributed by atoms with Crippen LogP contribution in [0.2, 0.25) is 0 Å². The number of halogens is 1. The summed E-state index contributed by atoms with van der Waals surface area (Å²) in [6, 6.07) is 7.86. The Hall–Kier alpha value is -4.02. The van der Waals surface area contributed by atoms with Crippen LogP contribution in [0.5, 0.6) is 11.5 Å². The van der Waals surface area contributed by atoms with Gasteiger partial charge in [0.25, 0.3) is 11.8 Å². The smallest absolute Gasteiger partial charge is 0.263 e. The Morgan fingerprint density at radius 3 is 2.67 bits per heavy atom. The van der Waals surface area contributed by atoms with Crippen LogP contribution in [0.4, 0.5) is 15.8 Å². The number of fused-ring (bicyclic) bond motifs is 2. The Morgan fingerprint density at radius 2 is 1.87 bits per heavy atom. The molecule has 1 saturated heterocycles. The lowest BCUT2D eigenvalue weighted by Gasteiger charge is -2.20. The lowest BCUT2D eigenvalue weighted by Crippen LogP contribution is -2.43. The normalized spacial score (nSPS) is 21.4. The second-order valence-corrected chi connectivity index (χ2v) is 6.80.